The number of rotatable bonds is 4. The summed E-state index contributed by atoms with van der Waals surface area (Å²) < 4.78 is 27.6. The number of fused-ring (bicyclic) bond motifs is 1. The molecule has 2 heterocycles. The summed E-state index contributed by atoms with van der Waals surface area (Å²) in [6, 6.07) is 9.40. The minimum atomic E-state index is -3.36. The molecular formula is C17H23N3O2S. The lowest BCUT2D eigenvalue weighted by Crippen LogP contribution is -2.57. The first-order valence-corrected chi connectivity index (χ1v) is 9.87. The Kier molecular flexibility index (Phi) is 4.72. The summed E-state index contributed by atoms with van der Waals surface area (Å²) in [6.07, 6.45) is 3.09. The number of sulfonamides is 1. The van der Waals surface area contributed by atoms with Crippen LogP contribution in [-0.2, 0) is 15.8 Å². The van der Waals surface area contributed by atoms with Crippen LogP contribution in [0.1, 0.15) is 37.3 Å². The third-order valence-electron chi connectivity index (χ3n) is 4.98. The molecule has 0 aliphatic carbocycles. The van der Waals surface area contributed by atoms with E-state index in [1.165, 1.54) is 6.42 Å². The Morgan fingerprint density at radius 3 is 2.91 bits per heavy atom. The van der Waals surface area contributed by atoms with Crippen molar-refractivity contribution in [2.24, 2.45) is 0 Å². The maximum Gasteiger partial charge on any atom is 0.218 e. The summed E-state index contributed by atoms with van der Waals surface area (Å²) in [6.45, 7) is 4.61. The lowest BCUT2D eigenvalue weighted by molar-refractivity contribution is 0.106. The van der Waals surface area contributed by atoms with Crippen LogP contribution in [0.5, 0.6) is 0 Å². The fourth-order valence-corrected chi connectivity index (χ4v) is 5.59. The van der Waals surface area contributed by atoms with E-state index in [-0.39, 0.29) is 11.8 Å². The van der Waals surface area contributed by atoms with Crippen molar-refractivity contribution in [2.45, 2.75) is 44.0 Å². The van der Waals surface area contributed by atoms with Crippen LogP contribution in [0.2, 0.25) is 0 Å². The molecule has 2 aliphatic heterocycles. The lowest BCUT2D eigenvalue weighted by Gasteiger charge is -2.42. The second-order valence-corrected chi connectivity index (χ2v) is 8.41. The number of nitrogens with zero attached hydrogens (tertiary/aromatic N) is 3. The third kappa shape index (κ3) is 3.42. The third-order valence-corrected chi connectivity index (χ3v) is 6.84. The molecule has 1 aromatic carbocycles. The molecule has 0 aromatic heterocycles. The second-order valence-electron chi connectivity index (χ2n) is 6.49. The Hall–Kier alpha value is -1.42. The van der Waals surface area contributed by atoms with Crippen molar-refractivity contribution in [1.82, 2.24) is 9.21 Å². The van der Waals surface area contributed by atoms with Gasteiger partial charge in [0.15, 0.2) is 0 Å². The molecule has 2 saturated heterocycles. The van der Waals surface area contributed by atoms with Gasteiger partial charge in [-0.2, -0.15) is 9.57 Å². The van der Waals surface area contributed by atoms with Crippen molar-refractivity contribution in [1.29, 1.82) is 5.26 Å². The smallest absolute Gasteiger partial charge is 0.218 e. The SMILES string of the molecule is CC[C@H]1CN2CCC[C@H]2CN1S(=O)(=O)Cc1cccc(C#N)c1. The molecule has 2 atom stereocenters. The van der Waals surface area contributed by atoms with Crippen LogP contribution in [0.25, 0.3) is 0 Å². The Bertz CT molecular complexity index is 711. The van der Waals surface area contributed by atoms with Gasteiger partial charge in [-0.25, -0.2) is 8.42 Å². The summed E-state index contributed by atoms with van der Waals surface area (Å²) in [4.78, 5) is 2.44. The summed E-state index contributed by atoms with van der Waals surface area (Å²) in [5.74, 6) is -0.0221. The molecule has 6 heteroatoms. The van der Waals surface area contributed by atoms with Crippen LogP contribution in [0.15, 0.2) is 24.3 Å². The first-order valence-electron chi connectivity index (χ1n) is 8.26. The summed E-state index contributed by atoms with van der Waals surface area (Å²) in [5.41, 5.74) is 1.19. The molecule has 0 N–H and O–H groups in total. The van der Waals surface area contributed by atoms with Crippen LogP contribution in [0.4, 0.5) is 0 Å². The molecule has 1 aromatic rings. The summed E-state index contributed by atoms with van der Waals surface area (Å²) >= 11 is 0. The summed E-state index contributed by atoms with van der Waals surface area (Å²) in [5, 5.41) is 8.98. The van der Waals surface area contributed by atoms with Gasteiger partial charge in [0.2, 0.25) is 10.0 Å². The maximum atomic E-state index is 12.9. The first kappa shape index (κ1) is 16.4. The highest BCUT2D eigenvalue weighted by molar-refractivity contribution is 7.88. The highest BCUT2D eigenvalue weighted by Crippen LogP contribution is 2.28. The predicted octanol–water partition coefficient (Wildman–Crippen LogP) is 1.95. The van der Waals surface area contributed by atoms with Crippen LogP contribution >= 0.6 is 0 Å². The van der Waals surface area contributed by atoms with Gasteiger partial charge in [0.1, 0.15) is 0 Å². The molecule has 2 fully saturated rings. The van der Waals surface area contributed by atoms with Crippen molar-refractivity contribution < 1.29 is 8.42 Å². The molecule has 3 rings (SSSR count). The molecule has 5 nitrogen and oxygen atoms in total. The molecule has 23 heavy (non-hydrogen) atoms. The van der Waals surface area contributed by atoms with Gasteiger partial charge in [-0.1, -0.05) is 19.1 Å². The number of hydrogen-bond acceptors (Lipinski definition) is 4. The van der Waals surface area contributed by atoms with E-state index in [1.54, 1.807) is 28.6 Å². The van der Waals surface area contributed by atoms with E-state index in [9.17, 15) is 8.42 Å². The second kappa shape index (κ2) is 6.60. The fourth-order valence-electron chi connectivity index (χ4n) is 3.76. The van der Waals surface area contributed by atoms with E-state index in [2.05, 4.69) is 17.9 Å². The van der Waals surface area contributed by atoms with Crippen molar-refractivity contribution in [2.75, 3.05) is 19.6 Å². The summed E-state index contributed by atoms with van der Waals surface area (Å²) in [7, 11) is -3.36. The predicted molar refractivity (Wildman–Crippen MR) is 89.2 cm³/mol. The van der Waals surface area contributed by atoms with Crippen LogP contribution < -0.4 is 0 Å². The molecule has 0 amide bonds. The van der Waals surface area contributed by atoms with Crippen LogP contribution in [-0.4, -0.2) is 49.3 Å². The van der Waals surface area contributed by atoms with E-state index in [4.69, 9.17) is 5.26 Å². The van der Waals surface area contributed by atoms with Gasteiger partial charge >= 0.3 is 0 Å². The minimum Gasteiger partial charge on any atom is -0.297 e. The molecule has 0 spiro atoms. The van der Waals surface area contributed by atoms with Gasteiger partial charge in [0.25, 0.3) is 0 Å². The lowest BCUT2D eigenvalue weighted by atomic mass is 10.1. The van der Waals surface area contributed by atoms with Gasteiger partial charge in [-0.3, -0.25) is 4.90 Å². The first-order chi connectivity index (χ1) is 11.0. The number of piperazine rings is 1. The van der Waals surface area contributed by atoms with E-state index in [0.717, 1.165) is 25.9 Å². The molecule has 2 aliphatic rings. The molecule has 124 valence electrons. The van der Waals surface area contributed by atoms with Gasteiger partial charge in [-0.05, 0) is 43.5 Å². The minimum absolute atomic E-state index is 0.0221. The molecular weight excluding hydrogens is 310 g/mol. The zero-order chi connectivity index (χ0) is 16.4. The Balaban J connectivity index is 1.81. The quantitative estimate of drug-likeness (QED) is 0.845. The Morgan fingerprint density at radius 1 is 1.35 bits per heavy atom. The zero-order valence-corrected chi connectivity index (χ0v) is 14.3. The molecule has 0 radical (unpaired) electrons. The van der Waals surface area contributed by atoms with Crippen molar-refractivity contribution >= 4 is 10.0 Å². The maximum absolute atomic E-state index is 12.9. The Morgan fingerprint density at radius 2 is 2.17 bits per heavy atom. The van der Waals surface area contributed by atoms with Crippen LogP contribution in [0, 0.1) is 11.3 Å². The fraction of sp³-hybridized carbons (Fsp3) is 0.588. The average Bonchev–Trinajstić information content (AvgIpc) is 3.00. The van der Waals surface area contributed by atoms with Crippen molar-refractivity contribution in [3.8, 4) is 6.07 Å². The van der Waals surface area contributed by atoms with Gasteiger partial charge in [-0.15, -0.1) is 0 Å². The highest BCUT2D eigenvalue weighted by atomic mass is 32.2. The zero-order valence-electron chi connectivity index (χ0n) is 13.5. The van der Waals surface area contributed by atoms with E-state index >= 15 is 0 Å². The monoisotopic (exact) mass is 333 g/mol. The normalized spacial score (nSPS) is 25.9. The topological polar surface area (TPSA) is 64.4 Å². The van der Waals surface area contributed by atoms with Crippen LogP contribution in [0.3, 0.4) is 0 Å². The van der Waals surface area contributed by atoms with Gasteiger partial charge in [0.05, 0.1) is 17.4 Å². The molecule has 0 saturated carbocycles. The van der Waals surface area contributed by atoms with E-state index < -0.39 is 10.0 Å². The van der Waals surface area contributed by atoms with Gasteiger partial charge in [0, 0.05) is 25.2 Å². The standard InChI is InChI=1S/C17H23N3O2S/c1-2-16-11-19-8-4-7-17(19)12-20(16)23(21,22)13-15-6-3-5-14(9-15)10-18/h3,5-6,9,16-17H,2,4,7-8,11-13H2,1H3/t16-,17-/m0/s1. The highest BCUT2D eigenvalue weighted by Gasteiger charge is 2.40. The largest absolute Gasteiger partial charge is 0.297 e. The number of benzene rings is 1. The number of nitriles is 1. The Labute approximate surface area is 138 Å². The average molecular weight is 333 g/mol. The van der Waals surface area contributed by atoms with Crippen molar-refractivity contribution in [3.63, 3.8) is 0 Å². The number of hydrogen-bond donors (Lipinski definition) is 0. The van der Waals surface area contributed by atoms with Crippen molar-refractivity contribution in [3.05, 3.63) is 35.4 Å². The van der Waals surface area contributed by atoms with E-state index in [0.29, 0.717) is 23.7 Å². The van der Waals surface area contributed by atoms with E-state index in [1.807, 2.05) is 0 Å². The molecule has 0 bridgehead atoms. The van der Waals surface area contributed by atoms with Gasteiger partial charge < -0.3 is 0 Å². The molecule has 0 unspecified atom stereocenters.